The monoisotopic (exact) mass is 347 g/mol. The molecule has 0 N–H and O–H groups in total. The highest BCUT2D eigenvalue weighted by Gasteiger charge is 2.19. The fraction of sp³-hybridized carbons (Fsp3) is 0.429. The highest BCUT2D eigenvalue weighted by Crippen LogP contribution is 2.23. The molecule has 0 amide bonds. The summed E-state index contributed by atoms with van der Waals surface area (Å²) in [6.07, 6.45) is 1.05. The minimum absolute atomic E-state index is 0.000428. The number of nitrogens with zero attached hydrogens (tertiary/aromatic N) is 1. The molecule has 1 rings (SSSR count). The van der Waals surface area contributed by atoms with Gasteiger partial charge in [0.25, 0.3) is 0 Å². The lowest BCUT2D eigenvalue weighted by Crippen LogP contribution is -2.18. The molecular formula is C14H18ClNO5S. The number of hydrogen-bond donors (Lipinski definition) is 0. The third-order valence-corrected chi connectivity index (χ3v) is 4.13. The van der Waals surface area contributed by atoms with Gasteiger partial charge in [-0.2, -0.15) is 0 Å². The maximum atomic E-state index is 11.8. The molecule has 0 unspecified atom stereocenters. The average Bonchev–Trinajstić information content (AvgIpc) is 2.41. The number of carbonyl (C=O) groups excluding carboxylic acids is 1. The number of carbonyl (C=O) groups is 1. The van der Waals surface area contributed by atoms with E-state index in [-0.39, 0.29) is 21.5 Å². The number of esters is 1. The van der Waals surface area contributed by atoms with Crippen molar-refractivity contribution in [2.45, 2.75) is 18.7 Å². The van der Waals surface area contributed by atoms with Crippen LogP contribution >= 0.6 is 11.6 Å². The summed E-state index contributed by atoms with van der Waals surface area (Å²) in [7, 11) is -2.23. The zero-order chi connectivity index (χ0) is 16.9. The highest BCUT2D eigenvalue weighted by atomic mass is 35.5. The molecule has 6 nitrogen and oxygen atoms in total. The Bertz CT molecular complexity index is 682. The fourth-order valence-corrected chi connectivity index (χ4v) is 2.83. The second-order valence-electron chi connectivity index (χ2n) is 5.04. The molecule has 0 saturated heterocycles. The fourth-order valence-electron chi connectivity index (χ4n) is 1.50. The molecule has 22 heavy (non-hydrogen) atoms. The normalized spacial score (nSPS) is 12.4. The lowest BCUT2D eigenvalue weighted by Gasteiger charge is -2.08. The smallest absolute Gasteiger partial charge is 0.360 e. The molecule has 0 aromatic heterocycles. The Hall–Kier alpha value is -1.60. The van der Waals surface area contributed by atoms with Crippen molar-refractivity contribution in [1.29, 1.82) is 0 Å². The van der Waals surface area contributed by atoms with Gasteiger partial charge in [-0.3, -0.25) is 0 Å². The Labute approximate surface area is 135 Å². The number of hydrogen-bond acceptors (Lipinski definition) is 6. The van der Waals surface area contributed by atoms with Gasteiger partial charge >= 0.3 is 5.97 Å². The minimum atomic E-state index is -3.45. The summed E-state index contributed by atoms with van der Waals surface area (Å²) < 4.78 is 27.7. The number of oxime groups is 1. The number of sulfone groups is 1. The van der Waals surface area contributed by atoms with Crippen molar-refractivity contribution in [3.8, 4) is 0 Å². The Kier molecular flexibility index (Phi) is 6.37. The molecule has 0 spiro atoms. The van der Waals surface area contributed by atoms with Crippen LogP contribution in [0.5, 0.6) is 0 Å². The van der Waals surface area contributed by atoms with Gasteiger partial charge in [0, 0.05) is 11.8 Å². The largest absolute Gasteiger partial charge is 0.464 e. The highest BCUT2D eigenvalue weighted by molar-refractivity contribution is 7.90. The van der Waals surface area contributed by atoms with Crippen molar-refractivity contribution in [2.24, 2.45) is 11.1 Å². The van der Waals surface area contributed by atoms with Gasteiger partial charge in [-0.05, 0) is 18.1 Å². The standard InChI is InChI=1S/C14H18ClNO5S/c1-9(2)8-21-16-13(14(17)20-3)10-5-6-12(11(15)7-10)22(4,18)19/h5-7,9H,8H2,1-4H3/b16-13+. The first kappa shape index (κ1) is 18.4. The molecule has 0 heterocycles. The Morgan fingerprint density at radius 1 is 1.36 bits per heavy atom. The zero-order valence-electron chi connectivity index (χ0n) is 12.8. The first-order valence-electron chi connectivity index (χ1n) is 6.45. The van der Waals surface area contributed by atoms with Crippen LogP contribution in [0.1, 0.15) is 19.4 Å². The van der Waals surface area contributed by atoms with Crippen LogP contribution in [0.3, 0.4) is 0 Å². The number of rotatable bonds is 6. The Morgan fingerprint density at radius 2 is 2.00 bits per heavy atom. The molecule has 1 aromatic carbocycles. The lowest BCUT2D eigenvalue weighted by molar-refractivity contribution is -0.132. The summed E-state index contributed by atoms with van der Waals surface area (Å²) in [5.41, 5.74) is 0.234. The number of halogens is 1. The SMILES string of the molecule is COC(=O)/C(=N/OCC(C)C)c1ccc(S(C)(=O)=O)c(Cl)c1. The van der Waals surface area contributed by atoms with E-state index in [1.54, 1.807) is 0 Å². The number of methoxy groups -OCH3 is 1. The molecule has 0 aliphatic heterocycles. The van der Waals surface area contributed by atoms with E-state index in [9.17, 15) is 13.2 Å². The van der Waals surface area contributed by atoms with Crippen LogP contribution in [-0.4, -0.2) is 40.1 Å². The number of ether oxygens (including phenoxy) is 1. The van der Waals surface area contributed by atoms with Crippen LogP contribution in [0, 0.1) is 5.92 Å². The van der Waals surface area contributed by atoms with Crippen LogP contribution in [0.15, 0.2) is 28.3 Å². The van der Waals surface area contributed by atoms with E-state index in [0.717, 1.165) is 6.26 Å². The lowest BCUT2D eigenvalue weighted by atomic mass is 10.1. The van der Waals surface area contributed by atoms with Crippen molar-refractivity contribution in [1.82, 2.24) is 0 Å². The van der Waals surface area contributed by atoms with Gasteiger partial charge in [-0.1, -0.05) is 36.7 Å². The predicted molar refractivity (Wildman–Crippen MR) is 83.9 cm³/mol. The van der Waals surface area contributed by atoms with E-state index in [1.807, 2.05) is 13.8 Å². The summed E-state index contributed by atoms with van der Waals surface area (Å²) >= 11 is 5.96. The first-order valence-corrected chi connectivity index (χ1v) is 8.72. The average molecular weight is 348 g/mol. The van der Waals surface area contributed by atoms with Crippen LogP contribution in [0.2, 0.25) is 5.02 Å². The van der Waals surface area contributed by atoms with Crippen molar-refractivity contribution in [2.75, 3.05) is 20.0 Å². The Morgan fingerprint density at radius 3 is 2.45 bits per heavy atom. The summed E-state index contributed by atoms with van der Waals surface area (Å²) in [5, 5.41) is 3.77. The molecule has 0 aliphatic carbocycles. The molecule has 0 fully saturated rings. The summed E-state index contributed by atoms with van der Waals surface area (Å²) in [4.78, 5) is 16.9. The molecule has 0 saturated carbocycles. The zero-order valence-corrected chi connectivity index (χ0v) is 14.4. The second-order valence-corrected chi connectivity index (χ2v) is 7.43. The van der Waals surface area contributed by atoms with E-state index in [0.29, 0.717) is 12.2 Å². The van der Waals surface area contributed by atoms with Gasteiger partial charge in [0.05, 0.1) is 17.0 Å². The van der Waals surface area contributed by atoms with E-state index in [4.69, 9.17) is 16.4 Å². The molecule has 1 aromatic rings. The van der Waals surface area contributed by atoms with Crippen molar-refractivity contribution in [3.63, 3.8) is 0 Å². The first-order chi connectivity index (χ1) is 10.2. The molecule has 0 bridgehead atoms. The van der Waals surface area contributed by atoms with Crippen LogP contribution < -0.4 is 0 Å². The van der Waals surface area contributed by atoms with Crippen LogP contribution in [0.25, 0.3) is 0 Å². The summed E-state index contributed by atoms with van der Waals surface area (Å²) in [6, 6.07) is 4.08. The van der Waals surface area contributed by atoms with E-state index in [1.165, 1.54) is 25.3 Å². The second kappa shape index (κ2) is 7.60. The minimum Gasteiger partial charge on any atom is -0.464 e. The molecule has 0 radical (unpaired) electrons. The summed E-state index contributed by atoms with van der Waals surface area (Å²) in [5.74, 6) is -0.467. The van der Waals surface area contributed by atoms with Gasteiger partial charge in [0.15, 0.2) is 15.5 Å². The Balaban J connectivity index is 3.21. The third kappa shape index (κ3) is 4.99. The molecular weight excluding hydrogens is 330 g/mol. The molecule has 0 aliphatic rings. The van der Waals surface area contributed by atoms with E-state index >= 15 is 0 Å². The topological polar surface area (TPSA) is 82.0 Å². The quantitative estimate of drug-likeness (QED) is 0.448. The van der Waals surface area contributed by atoms with Crippen LogP contribution in [0.4, 0.5) is 0 Å². The van der Waals surface area contributed by atoms with Gasteiger partial charge in [-0.25, -0.2) is 13.2 Å². The number of benzene rings is 1. The van der Waals surface area contributed by atoms with Crippen LogP contribution in [-0.2, 0) is 24.2 Å². The van der Waals surface area contributed by atoms with Gasteiger partial charge in [0.1, 0.15) is 6.61 Å². The van der Waals surface area contributed by atoms with Gasteiger partial charge < -0.3 is 9.57 Å². The molecule has 0 atom stereocenters. The predicted octanol–water partition coefficient (Wildman–Crippen LogP) is 2.29. The summed E-state index contributed by atoms with van der Waals surface area (Å²) in [6.45, 7) is 4.20. The molecule has 8 heteroatoms. The van der Waals surface area contributed by atoms with Crippen molar-refractivity contribution >= 4 is 33.1 Å². The van der Waals surface area contributed by atoms with E-state index in [2.05, 4.69) is 9.89 Å². The van der Waals surface area contributed by atoms with E-state index < -0.39 is 15.8 Å². The van der Waals surface area contributed by atoms with Gasteiger partial charge in [-0.15, -0.1) is 0 Å². The maximum Gasteiger partial charge on any atom is 0.360 e. The maximum absolute atomic E-state index is 11.8. The third-order valence-electron chi connectivity index (χ3n) is 2.55. The van der Waals surface area contributed by atoms with Gasteiger partial charge in [0.2, 0.25) is 0 Å². The van der Waals surface area contributed by atoms with Crippen molar-refractivity contribution < 1.29 is 22.8 Å². The van der Waals surface area contributed by atoms with Crippen molar-refractivity contribution in [3.05, 3.63) is 28.8 Å². The molecule has 122 valence electrons.